The number of alkyl halides is 5. The molecule has 1 saturated carbocycles. The van der Waals surface area contributed by atoms with Crippen LogP contribution in [0.25, 0.3) is 0 Å². The number of nitrogens with zero attached hydrogens (tertiary/aromatic N) is 1. The van der Waals surface area contributed by atoms with E-state index in [0.717, 1.165) is 50.1 Å². The molecule has 3 aromatic rings. The fourth-order valence-electron chi connectivity index (χ4n) is 5.12. The molecule has 1 unspecified atom stereocenters. The monoisotopic (exact) mass is 550 g/mol. The number of benzene rings is 2. The van der Waals surface area contributed by atoms with Crippen molar-refractivity contribution in [3.63, 3.8) is 0 Å². The van der Waals surface area contributed by atoms with Crippen LogP contribution < -0.4 is 5.32 Å². The Labute approximate surface area is 223 Å². The SMILES string of the molecule is CC(F)(F)c1cnc(C(Cc2ccccc2)(NC(=O)CC2CCCC2)c2cccc(C(F)(F)F)c2)c(Cl)c1. The van der Waals surface area contributed by atoms with E-state index in [-0.39, 0.29) is 40.9 Å². The molecule has 1 heterocycles. The first-order chi connectivity index (χ1) is 17.9. The second kappa shape index (κ2) is 11.0. The fourth-order valence-corrected chi connectivity index (χ4v) is 5.45. The molecule has 2 aromatic carbocycles. The molecule has 1 amide bonds. The summed E-state index contributed by atoms with van der Waals surface area (Å²) in [7, 11) is 0. The molecule has 1 aromatic heterocycles. The molecule has 0 spiro atoms. The average Bonchev–Trinajstić information content (AvgIpc) is 3.36. The van der Waals surface area contributed by atoms with Crippen molar-refractivity contribution in [2.45, 2.75) is 63.1 Å². The van der Waals surface area contributed by atoms with Crippen molar-refractivity contribution in [2.75, 3.05) is 0 Å². The molecular weight excluding hydrogens is 523 g/mol. The quantitative estimate of drug-likeness (QED) is 0.288. The van der Waals surface area contributed by atoms with E-state index in [4.69, 9.17) is 11.6 Å². The number of nitrogens with one attached hydrogen (secondary N) is 1. The summed E-state index contributed by atoms with van der Waals surface area (Å²) >= 11 is 6.55. The average molecular weight is 551 g/mol. The summed E-state index contributed by atoms with van der Waals surface area (Å²) in [5.41, 5.74) is -2.23. The molecule has 0 aliphatic heterocycles. The number of halogens is 6. The predicted molar refractivity (Wildman–Crippen MR) is 136 cm³/mol. The standard InChI is InChI=1S/C29H28ClF5N2O/c1-27(31,32)23-16-24(30)26(36-18-23)28(17-20-10-3-2-4-11-20,37-25(38)14-19-8-5-6-9-19)21-12-7-13-22(15-21)29(33,34)35/h2-4,7,10-13,15-16,18-19H,5-6,8-9,14,17H2,1H3,(H,37,38). The lowest BCUT2D eigenvalue weighted by atomic mass is 9.79. The highest BCUT2D eigenvalue weighted by atomic mass is 35.5. The van der Waals surface area contributed by atoms with Crippen LogP contribution in [-0.2, 0) is 28.9 Å². The summed E-state index contributed by atoms with van der Waals surface area (Å²) in [6, 6.07) is 14.5. The molecule has 1 N–H and O–H groups in total. The van der Waals surface area contributed by atoms with Gasteiger partial charge in [-0.05, 0) is 48.1 Å². The number of hydrogen-bond donors (Lipinski definition) is 1. The molecule has 1 atom stereocenters. The molecule has 38 heavy (non-hydrogen) atoms. The third-order valence-electron chi connectivity index (χ3n) is 7.05. The molecule has 3 nitrogen and oxygen atoms in total. The lowest BCUT2D eigenvalue weighted by Crippen LogP contribution is -2.50. The molecular formula is C29H28ClF5N2O. The first-order valence-electron chi connectivity index (χ1n) is 12.5. The van der Waals surface area contributed by atoms with Crippen molar-refractivity contribution < 1.29 is 26.7 Å². The van der Waals surface area contributed by atoms with Crippen LogP contribution in [0.2, 0.25) is 5.02 Å². The Balaban J connectivity index is 1.92. The third-order valence-corrected chi connectivity index (χ3v) is 7.34. The number of hydrogen-bond acceptors (Lipinski definition) is 2. The van der Waals surface area contributed by atoms with E-state index in [1.807, 2.05) is 0 Å². The van der Waals surface area contributed by atoms with Gasteiger partial charge in [-0.2, -0.15) is 13.2 Å². The highest BCUT2D eigenvalue weighted by Gasteiger charge is 2.42. The molecule has 0 bridgehead atoms. The Morgan fingerprint density at radius 2 is 1.61 bits per heavy atom. The van der Waals surface area contributed by atoms with E-state index in [2.05, 4.69) is 10.3 Å². The van der Waals surface area contributed by atoms with Crippen molar-refractivity contribution in [3.05, 3.63) is 99.8 Å². The first kappa shape index (κ1) is 28.0. The van der Waals surface area contributed by atoms with Crippen LogP contribution in [0.5, 0.6) is 0 Å². The topological polar surface area (TPSA) is 42.0 Å². The van der Waals surface area contributed by atoms with Crippen LogP contribution in [0.3, 0.4) is 0 Å². The van der Waals surface area contributed by atoms with E-state index in [1.54, 1.807) is 30.3 Å². The minimum atomic E-state index is -4.65. The van der Waals surface area contributed by atoms with Gasteiger partial charge in [0, 0.05) is 31.5 Å². The molecule has 0 saturated heterocycles. The third kappa shape index (κ3) is 6.34. The highest BCUT2D eigenvalue weighted by Crippen LogP contribution is 2.41. The van der Waals surface area contributed by atoms with Gasteiger partial charge in [0.25, 0.3) is 5.92 Å². The first-order valence-corrected chi connectivity index (χ1v) is 12.8. The number of pyridine rings is 1. The molecule has 9 heteroatoms. The molecule has 1 aliphatic carbocycles. The van der Waals surface area contributed by atoms with Crippen molar-refractivity contribution in [1.82, 2.24) is 10.3 Å². The van der Waals surface area contributed by atoms with Crippen LogP contribution in [-0.4, -0.2) is 10.9 Å². The van der Waals surface area contributed by atoms with Crippen LogP contribution in [0.15, 0.2) is 66.9 Å². The van der Waals surface area contributed by atoms with Crippen molar-refractivity contribution in [3.8, 4) is 0 Å². The molecule has 1 aliphatic rings. The zero-order chi connectivity index (χ0) is 27.6. The maximum Gasteiger partial charge on any atom is 0.416 e. The Hall–Kier alpha value is -3.00. The van der Waals surface area contributed by atoms with Gasteiger partial charge >= 0.3 is 6.18 Å². The minimum Gasteiger partial charge on any atom is -0.341 e. The van der Waals surface area contributed by atoms with Crippen LogP contribution in [0.4, 0.5) is 22.0 Å². The van der Waals surface area contributed by atoms with Crippen LogP contribution >= 0.6 is 11.6 Å². The summed E-state index contributed by atoms with van der Waals surface area (Å²) in [6.45, 7) is 0.702. The predicted octanol–water partition coefficient (Wildman–Crippen LogP) is 8.05. The Bertz CT molecular complexity index is 1270. The van der Waals surface area contributed by atoms with Crippen molar-refractivity contribution in [2.24, 2.45) is 5.92 Å². The number of carbonyl (C=O) groups excluding carboxylic acids is 1. The Morgan fingerprint density at radius 1 is 0.947 bits per heavy atom. The van der Waals surface area contributed by atoms with Gasteiger partial charge in [0.05, 0.1) is 16.3 Å². The molecule has 0 radical (unpaired) electrons. The second-order valence-electron chi connectivity index (χ2n) is 9.99. The number of amides is 1. The normalized spacial score (nSPS) is 16.3. The van der Waals surface area contributed by atoms with E-state index in [9.17, 15) is 26.7 Å². The maximum atomic E-state index is 14.1. The molecule has 202 valence electrons. The lowest BCUT2D eigenvalue weighted by molar-refractivity contribution is -0.137. The summed E-state index contributed by atoms with van der Waals surface area (Å²) < 4.78 is 69.4. The van der Waals surface area contributed by atoms with Gasteiger partial charge in [-0.25, -0.2) is 8.78 Å². The van der Waals surface area contributed by atoms with Gasteiger partial charge in [-0.15, -0.1) is 0 Å². The van der Waals surface area contributed by atoms with Crippen molar-refractivity contribution in [1.29, 1.82) is 0 Å². The van der Waals surface area contributed by atoms with Crippen LogP contribution in [0, 0.1) is 5.92 Å². The Kier molecular flexibility index (Phi) is 8.12. The summed E-state index contributed by atoms with van der Waals surface area (Å²) in [6.07, 6.45) is 0.315. The van der Waals surface area contributed by atoms with Gasteiger partial charge in [-0.3, -0.25) is 9.78 Å². The molecule has 4 rings (SSSR count). The van der Waals surface area contributed by atoms with E-state index < -0.39 is 28.8 Å². The summed E-state index contributed by atoms with van der Waals surface area (Å²) in [5, 5.41) is 2.79. The van der Waals surface area contributed by atoms with Gasteiger partial charge in [0.15, 0.2) is 0 Å². The maximum absolute atomic E-state index is 14.1. The van der Waals surface area contributed by atoms with E-state index >= 15 is 0 Å². The zero-order valence-electron chi connectivity index (χ0n) is 20.8. The van der Waals surface area contributed by atoms with Crippen LogP contribution in [0.1, 0.15) is 67.0 Å². The van der Waals surface area contributed by atoms with E-state index in [0.29, 0.717) is 12.5 Å². The molecule has 1 fully saturated rings. The second-order valence-corrected chi connectivity index (χ2v) is 10.4. The van der Waals surface area contributed by atoms with Gasteiger partial charge < -0.3 is 5.32 Å². The van der Waals surface area contributed by atoms with Gasteiger partial charge in [0.2, 0.25) is 5.91 Å². The number of aromatic nitrogens is 1. The fraction of sp³-hybridized carbons (Fsp3) is 0.379. The lowest BCUT2D eigenvalue weighted by Gasteiger charge is -2.37. The largest absolute Gasteiger partial charge is 0.416 e. The minimum absolute atomic E-state index is 0.000141. The van der Waals surface area contributed by atoms with Gasteiger partial charge in [0.1, 0.15) is 5.54 Å². The number of rotatable bonds is 8. The Morgan fingerprint density at radius 3 is 2.21 bits per heavy atom. The smallest absolute Gasteiger partial charge is 0.341 e. The number of carbonyl (C=O) groups is 1. The van der Waals surface area contributed by atoms with E-state index in [1.165, 1.54) is 12.1 Å². The van der Waals surface area contributed by atoms with Gasteiger partial charge in [-0.1, -0.05) is 66.9 Å². The highest BCUT2D eigenvalue weighted by molar-refractivity contribution is 6.31. The zero-order valence-corrected chi connectivity index (χ0v) is 21.6. The van der Waals surface area contributed by atoms with Crippen molar-refractivity contribution >= 4 is 17.5 Å². The summed E-state index contributed by atoms with van der Waals surface area (Å²) in [5.74, 6) is -3.44. The summed E-state index contributed by atoms with van der Waals surface area (Å²) in [4.78, 5) is 17.7.